The normalized spacial score (nSPS) is 12.5. The van der Waals surface area contributed by atoms with Crippen molar-refractivity contribution in [1.29, 1.82) is 0 Å². The van der Waals surface area contributed by atoms with Crippen LogP contribution in [0.15, 0.2) is 18.2 Å². The molecule has 94 valence electrons. The van der Waals surface area contributed by atoms with Gasteiger partial charge in [0.2, 0.25) is 0 Å². The zero-order valence-electron chi connectivity index (χ0n) is 10.5. The molecule has 0 amide bonds. The molecule has 0 radical (unpaired) electrons. The maximum Gasteiger partial charge on any atom is 0.337 e. The van der Waals surface area contributed by atoms with Crippen molar-refractivity contribution in [3.63, 3.8) is 0 Å². The first-order valence-electron chi connectivity index (χ1n) is 5.79. The lowest BCUT2D eigenvalue weighted by Gasteiger charge is -2.18. The quantitative estimate of drug-likeness (QED) is 0.687. The largest absolute Gasteiger partial charge is 0.478 e. The summed E-state index contributed by atoms with van der Waals surface area (Å²) in [7, 11) is 0. The standard InChI is InChI=1S/C13H20N2O2/c1-8(2)9(3)7-15-11-6-4-5-10(12(11)14)13(16)17/h4-6,8-9,15H,7,14H2,1-3H3,(H,16,17). The van der Waals surface area contributed by atoms with E-state index in [1.165, 1.54) is 6.07 Å². The van der Waals surface area contributed by atoms with Crippen molar-refractivity contribution in [1.82, 2.24) is 0 Å². The van der Waals surface area contributed by atoms with Crippen LogP contribution in [0.3, 0.4) is 0 Å². The Morgan fingerprint density at radius 2 is 2.06 bits per heavy atom. The number of nitrogens with one attached hydrogen (secondary N) is 1. The van der Waals surface area contributed by atoms with Crippen LogP contribution in [0.1, 0.15) is 31.1 Å². The molecule has 1 unspecified atom stereocenters. The van der Waals surface area contributed by atoms with Crippen molar-refractivity contribution < 1.29 is 9.90 Å². The zero-order chi connectivity index (χ0) is 13.0. The van der Waals surface area contributed by atoms with E-state index in [0.717, 1.165) is 6.54 Å². The number of hydrogen-bond donors (Lipinski definition) is 3. The summed E-state index contributed by atoms with van der Waals surface area (Å²) in [6, 6.07) is 5.01. The van der Waals surface area contributed by atoms with Gasteiger partial charge in [0.1, 0.15) is 0 Å². The van der Waals surface area contributed by atoms with E-state index in [2.05, 4.69) is 26.1 Å². The molecule has 1 rings (SSSR count). The molecule has 0 fully saturated rings. The predicted octanol–water partition coefficient (Wildman–Crippen LogP) is 2.67. The number of rotatable bonds is 5. The molecule has 0 heterocycles. The van der Waals surface area contributed by atoms with Crippen LogP contribution in [0.5, 0.6) is 0 Å². The monoisotopic (exact) mass is 236 g/mol. The third kappa shape index (κ3) is 3.37. The predicted molar refractivity (Wildman–Crippen MR) is 70.3 cm³/mol. The van der Waals surface area contributed by atoms with Crippen LogP contribution in [-0.4, -0.2) is 17.6 Å². The molecule has 4 N–H and O–H groups in total. The highest BCUT2D eigenvalue weighted by Gasteiger charge is 2.12. The van der Waals surface area contributed by atoms with Crippen LogP contribution in [0.4, 0.5) is 11.4 Å². The van der Waals surface area contributed by atoms with Crippen LogP contribution >= 0.6 is 0 Å². The molecule has 1 aromatic rings. The van der Waals surface area contributed by atoms with Crippen LogP contribution in [0.25, 0.3) is 0 Å². The van der Waals surface area contributed by atoms with E-state index in [4.69, 9.17) is 10.8 Å². The second-order valence-electron chi connectivity index (χ2n) is 4.67. The van der Waals surface area contributed by atoms with Gasteiger partial charge in [-0.2, -0.15) is 0 Å². The van der Waals surface area contributed by atoms with E-state index in [9.17, 15) is 4.79 Å². The van der Waals surface area contributed by atoms with E-state index < -0.39 is 5.97 Å². The van der Waals surface area contributed by atoms with Gasteiger partial charge in [-0.15, -0.1) is 0 Å². The average Bonchev–Trinajstić information content (AvgIpc) is 2.26. The van der Waals surface area contributed by atoms with Crippen molar-refractivity contribution in [2.45, 2.75) is 20.8 Å². The molecule has 4 nitrogen and oxygen atoms in total. The number of anilines is 2. The summed E-state index contributed by atoms with van der Waals surface area (Å²) in [4.78, 5) is 10.9. The van der Waals surface area contributed by atoms with E-state index in [0.29, 0.717) is 23.2 Å². The third-order valence-corrected chi connectivity index (χ3v) is 3.09. The lowest BCUT2D eigenvalue weighted by Crippen LogP contribution is -2.17. The minimum Gasteiger partial charge on any atom is -0.478 e. The summed E-state index contributed by atoms with van der Waals surface area (Å²) < 4.78 is 0. The van der Waals surface area contributed by atoms with Gasteiger partial charge in [0.15, 0.2) is 0 Å². The highest BCUT2D eigenvalue weighted by molar-refractivity contribution is 5.97. The number of benzene rings is 1. The first kappa shape index (κ1) is 13.4. The fourth-order valence-corrected chi connectivity index (χ4v) is 1.41. The first-order chi connectivity index (χ1) is 7.93. The first-order valence-corrected chi connectivity index (χ1v) is 5.79. The Hall–Kier alpha value is -1.71. The number of aromatic carboxylic acids is 1. The van der Waals surface area contributed by atoms with Gasteiger partial charge in [0.05, 0.1) is 16.9 Å². The molecule has 4 heteroatoms. The number of carboxylic acid groups (broad SMARTS) is 1. The Morgan fingerprint density at radius 1 is 1.41 bits per heavy atom. The molecule has 0 aliphatic carbocycles. The molecule has 0 spiro atoms. The van der Waals surface area contributed by atoms with Gasteiger partial charge >= 0.3 is 5.97 Å². The van der Waals surface area contributed by atoms with E-state index in [-0.39, 0.29) is 5.56 Å². The second-order valence-corrected chi connectivity index (χ2v) is 4.67. The minimum atomic E-state index is -0.997. The average molecular weight is 236 g/mol. The molecule has 0 aliphatic rings. The van der Waals surface area contributed by atoms with Crippen molar-refractivity contribution in [3.05, 3.63) is 23.8 Å². The molecule has 17 heavy (non-hydrogen) atoms. The van der Waals surface area contributed by atoms with Crippen molar-refractivity contribution in [3.8, 4) is 0 Å². The molecule has 0 saturated carbocycles. The minimum absolute atomic E-state index is 0.146. The molecular formula is C13H20N2O2. The fourth-order valence-electron chi connectivity index (χ4n) is 1.41. The molecule has 0 aliphatic heterocycles. The molecule has 0 aromatic heterocycles. The summed E-state index contributed by atoms with van der Waals surface area (Å²) in [6.07, 6.45) is 0. The molecule has 1 aromatic carbocycles. The summed E-state index contributed by atoms with van der Waals surface area (Å²) in [5, 5.41) is 12.1. The Bertz CT molecular complexity index is 402. The Morgan fingerprint density at radius 3 is 2.59 bits per heavy atom. The zero-order valence-corrected chi connectivity index (χ0v) is 10.5. The molecule has 1 atom stereocenters. The van der Waals surface area contributed by atoms with Gasteiger partial charge < -0.3 is 16.2 Å². The topological polar surface area (TPSA) is 75.3 Å². The van der Waals surface area contributed by atoms with Gasteiger partial charge in [0, 0.05) is 6.54 Å². The van der Waals surface area contributed by atoms with E-state index >= 15 is 0 Å². The Labute approximate surface area is 102 Å². The van der Waals surface area contributed by atoms with Crippen LogP contribution < -0.4 is 11.1 Å². The Kier molecular flexibility index (Phi) is 4.37. The summed E-state index contributed by atoms with van der Waals surface area (Å²) in [6.45, 7) is 7.24. The van der Waals surface area contributed by atoms with Crippen molar-refractivity contribution in [2.75, 3.05) is 17.6 Å². The van der Waals surface area contributed by atoms with Crippen molar-refractivity contribution in [2.24, 2.45) is 11.8 Å². The number of carboxylic acids is 1. The highest BCUT2D eigenvalue weighted by atomic mass is 16.4. The molecule has 0 saturated heterocycles. The lowest BCUT2D eigenvalue weighted by atomic mass is 9.98. The number of para-hydroxylation sites is 1. The van der Waals surface area contributed by atoms with Gasteiger partial charge in [-0.1, -0.05) is 26.8 Å². The van der Waals surface area contributed by atoms with Crippen LogP contribution in [0.2, 0.25) is 0 Å². The van der Waals surface area contributed by atoms with Crippen LogP contribution in [-0.2, 0) is 0 Å². The maximum atomic E-state index is 10.9. The summed E-state index contributed by atoms with van der Waals surface area (Å²) >= 11 is 0. The van der Waals surface area contributed by atoms with Gasteiger partial charge in [-0.05, 0) is 24.0 Å². The van der Waals surface area contributed by atoms with Crippen molar-refractivity contribution >= 4 is 17.3 Å². The van der Waals surface area contributed by atoms with E-state index in [1.54, 1.807) is 12.1 Å². The lowest BCUT2D eigenvalue weighted by molar-refractivity contribution is 0.0698. The summed E-state index contributed by atoms with van der Waals surface area (Å²) in [5.74, 6) is 0.0809. The van der Waals surface area contributed by atoms with Crippen LogP contribution in [0, 0.1) is 11.8 Å². The third-order valence-electron chi connectivity index (χ3n) is 3.09. The number of nitrogens with two attached hydrogens (primary N) is 1. The SMILES string of the molecule is CC(C)C(C)CNc1cccc(C(=O)O)c1N. The van der Waals surface area contributed by atoms with Gasteiger partial charge in [-0.3, -0.25) is 0 Å². The highest BCUT2D eigenvalue weighted by Crippen LogP contribution is 2.23. The van der Waals surface area contributed by atoms with E-state index in [1.807, 2.05) is 0 Å². The molecular weight excluding hydrogens is 216 g/mol. The Balaban J connectivity index is 2.79. The number of carbonyl (C=O) groups is 1. The number of nitrogen functional groups attached to an aromatic ring is 1. The van der Waals surface area contributed by atoms with Gasteiger partial charge in [-0.25, -0.2) is 4.79 Å². The second kappa shape index (κ2) is 5.57. The fraction of sp³-hybridized carbons (Fsp3) is 0.462. The van der Waals surface area contributed by atoms with Gasteiger partial charge in [0.25, 0.3) is 0 Å². The number of hydrogen-bond acceptors (Lipinski definition) is 3. The molecule has 0 bridgehead atoms. The smallest absolute Gasteiger partial charge is 0.337 e. The summed E-state index contributed by atoms with van der Waals surface area (Å²) in [5.41, 5.74) is 6.94. The maximum absolute atomic E-state index is 10.9.